The van der Waals surface area contributed by atoms with Crippen LogP contribution in [0.3, 0.4) is 0 Å². The fourth-order valence-corrected chi connectivity index (χ4v) is 2.55. The molecule has 0 bridgehead atoms. The Balaban J connectivity index is 2.28. The van der Waals surface area contributed by atoms with Crippen LogP contribution in [-0.4, -0.2) is 38.6 Å². The standard InChI is InChI=1S/C14H17N3O2S/c1-3-20-7-9(2)17-13-11-5-4-10(14(18)19)6-12(11)15-8-16-13/h4-6,8-9H,3,7H2,1-2H3,(H,18,19)(H,15,16,17). The molecule has 0 aliphatic rings. The summed E-state index contributed by atoms with van der Waals surface area (Å²) in [5, 5.41) is 13.2. The molecule has 1 aromatic carbocycles. The fraction of sp³-hybridized carbons (Fsp3) is 0.357. The number of benzene rings is 1. The van der Waals surface area contributed by atoms with Crippen LogP contribution in [0.25, 0.3) is 10.9 Å². The van der Waals surface area contributed by atoms with Crippen molar-refractivity contribution in [2.45, 2.75) is 19.9 Å². The number of carbonyl (C=O) groups is 1. The minimum atomic E-state index is -0.951. The first kappa shape index (κ1) is 14.6. The van der Waals surface area contributed by atoms with Gasteiger partial charge in [0.2, 0.25) is 0 Å². The van der Waals surface area contributed by atoms with Gasteiger partial charge in [-0.25, -0.2) is 14.8 Å². The van der Waals surface area contributed by atoms with Crippen molar-refractivity contribution in [1.29, 1.82) is 0 Å². The van der Waals surface area contributed by atoms with E-state index in [4.69, 9.17) is 5.11 Å². The molecule has 0 aliphatic heterocycles. The average molecular weight is 291 g/mol. The third-order valence-corrected chi connectivity index (χ3v) is 3.98. The number of hydrogen-bond donors (Lipinski definition) is 2. The zero-order chi connectivity index (χ0) is 14.5. The molecule has 2 rings (SSSR count). The van der Waals surface area contributed by atoms with E-state index >= 15 is 0 Å². The van der Waals surface area contributed by atoms with Gasteiger partial charge in [0.25, 0.3) is 0 Å². The van der Waals surface area contributed by atoms with Crippen LogP contribution < -0.4 is 5.32 Å². The van der Waals surface area contributed by atoms with E-state index in [1.807, 2.05) is 11.8 Å². The summed E-state index contributed by atoms with van der Waals surface area (Å²) in [4.78, 5) is 19.3. The molecule has 0 radical (unpaired) electrons. The maximum atomic E-state index is 11.0. The number of aromatic carboxylic acids is 1. The molecule has 2 aromatic rings. The lowest BCUT2D eigenvalue weighted by molar-refractivity contribution is 0.0697. The quantitative estimate of drug-likeness (QED) is 0.852. The van der Waals surface area contributed by atoms with Gasteiger partial charge in [0.15, 0.2) is 0 Å². The summed E-state index contributed by atoms with van der Waals surface area (Å²) in [7, 11) is 0. The van der Waals surface area contributed by atoms with E-state index in [2.05, 4.69) is 29.1 Å². The number of carboxylic acid groups (broad SMARTS) is 1. The number of nitrogens with zero attached hydrogens (tertiary/aromatic N) is 2. The molecule has 106 valence electrons. The second-order valence-corrected chi connectivity index (χ2v) is 5.78. The van der Waals surface area contributed by atoms with Crippen molar-refractivity contribution in [1.82, 2.24) is 9.97 Å². The summed E-state index contributed by atoms with van der Waals surface area (Å²) in [5.41, 5.74) is 0.870. The van der Waals surface area contributed by atoms with Gasteiger partial charge < -0.3 is 10.4 Å². The Morgan fingerprint density at radius 2 is 2.25 bits per heavy atom. The maximum absolute atomic E-state index is 11.0. The molecular weight excluding hydrogens is 274 g/mol. The molecule has 5 nitrogen and oxygen atoms in total. The lowest BCUT2D eigenvalue weighted by Gasteiger charge is -2.15. The largest absolute Gasteiger partial charge is 0.478 e. The number of nitrogens with one attached hydrogen (secondary N) is 1. The Morgan fingerprint density at radius 1 is 1.45 bits per heavy atom. The molecule has 0 fully saturated rings. The van der Waals surface area contributed by atoms with Gasteiger partial charge in [-0.1, -0.05) is 6.92 Å². The number of carboxylic acids is 1. The van der Waals surface area contributed by atoms with Gasteiger partial charge in [-0.05, 0) is 30.9 Å². The van der Waals surface area contributed by atoms with Gasteiger partial charge in [-0.3, -0.25) is 0 Å². The SMILES string of the molecule is CCSCC(C)Nc1ncnc2cc(C(=O)O)ccc12. The smallest absolute Gasteiger partial charge is 0.335 e. The number of thioether (sulfide) groups is 1. The second kappa shape index (κ2) is 6.56. The van der Waals surface area contributed by atoms with Gasteiger partial charge in [0.1, 0.15) is 12.1 Å². The highest BCUT2D eigenvalue weighted by atomic mass is 32.2. The van der Waals surface area contributed by atoms with E-state index in [9.17, 15) is 4.79 Å². The fourth-order valence-electron chi connectivity index (χ4n) is 1.87. The van der Waals surface area contributed by atoms with Crippen LogP contribution in [0.4, 0.5) is 5.82 Å². The highest BCUT2D eigenvalue weighted by Gasteiger charge is 2.10. The molecule has 0 spiro atoms. The number of anilines is 1. The van der Waals surface area contributed by atoms with Crippen molar-refractivity contribution >= 4 is 34.5 Å². The summed E-state index contributed by atoms with van der Waals surface area (Å²) in [6.07, 6.45) is 1.45. The number of rotatable bonds is 6. The molecule has 0 saturated heterocycles. The monoisotopic (exact) mass is 291 g/mol. The van der Waals surface area contributed by atoms with Crippen molar-refractivity contribution in [3.8, 4) is 0 Å². The van der Waals surface area contributed by atoms with E-state index in [1.165, 1.54) is 6.33 Å². The normalized spacial score (nSPS) is 12.3. The molecule has 20 heavy (non-hydrogen) atoms. The van der Waals surface area contributed by atoms with E-state index in [0.717, 1.165) is 22.7 Å². The van der Waals surface area contributed by atoms with E-state index in [1.54, 1.807) is 18.2 Å². The number of hydrogen-bond acceptors (Lipinski definition) is 5. The molecule has 1 unspecified atom stereocenters. The summed E-state index contributed by atoms with van der Waals surface area (Å²) in [6.45, 7) is 4.23. The van der Waals surface area contributed by atoms with Crippen LogP contribution in [0.2, 0.25) is 0 Å². The topological polar surface area (TPSA) is 75.1 Å². The summed E-state index contributed by atoms with van der Waals surface area (Å²) in [5.74, 6) is 1.87. The van der Waals surface area contributed by atoms with E-state index < -0.39 is 5.97 Å². The molecule has 1 heterocycles. The van der Waals surface area contributed by atoms with Crippen molar-refractivity contribution in [3.63, 3.8) is 0 Å². The Bertz CT molecular complexity index is 618. The van der Waals surface area contributed by atoms with Crippen molar-refractivity contribution in [3.05, 3.63) is 30.1 Å². The lowest BCUT2D eigenvalue weighted by Crippen LogP contribution is -2.19. The van der Waals surface area contributed by atoms with Gasteiger partial charge >= 0.3 is 5.97 Å². The van der Waals surface area contributed by atoms with Crippen LogP contribution in [0, 0.1) is 0 Å². The van der Waals surface area contributed by atoms with Gasteiger partial charge in [0, 0.05) is 17.2 Å². The number of aromatic nitrogens is 2. The Morgan fingerprint density at radius 3 is 2.95 bits per heavy atom. The minimum absolute atomic E-state index is 0.233. The van der Waals surface area contributed by atoms with Gasteiger partial charge in [-0.15, -0.1) is 0 Å². The predicted octanol–water partition coefficient (Wildman–Crippen LogP) is 2.88. The average Bonchev–Trinajstić information content (AvgIpc) is 2.44. The van der Waals surface area contributed by atoms with Crippen LogP contribution in [0.1, 0.15) is 24.2 Å². The first-order valence-corrected chi connectivity index (χ1v) is 7.59. The summed E-state index contributed by atoms with van der Waals surface area (Å²) >= 11 is 1.86. The lowest BCUT2D eigenvalue weighted by atomic mass is 10.1. The summed E-state index contributed by atoms with van der Waals surface area (Å²) < 4.78 is 0. The predicted molar refractivity (Wildman–Crippen MR) is 82.6 cm³/mol. The van der Waals surface area contributed by atoms with Crippen LogP contribution in [0.15, 0.2) is 24.5 Å². The zero-order valence-corrected chi connectivity index (χ0v) is 12.3. The molecule has 0 saturated carbocycles. The molecule has 1 atom stereocenters. The van der Waals surface area contributed by atoms with E-state index in [0.29, 0.717) is 5.52 Å². The zero-order valence-electron chi connectivity index (χ0n) is 11.5. The van der Waals surface area contributed by atoms with E-state index in [-0.39, 0.29) is 11.6 Å². The third kappa shape index (κ3) is 3.39. The summed E-state index contributed by atoms with van der Waals surface area (Å²) in [6, 6.07) is 5.18. The molecule has 2 N–H and O–H groups in total. The first-order valence-electron chi connectivity index (χ1n) is 6.44. The maximum Gasteiger partial charge on any atom is 0.335 e. The Hall–Kier alpha value is -1.82. The van der Waals surface area contributed by atoms with Crippen LogP contribution in [0.5, 0.6) is 0 Å². The second-order valence-electron chi connectivity index (χ2n) is 4.46. The Kier molecular flexibility index (Phi) is 4.79. The highest BCUT2D eigenvalue weighted by molar-refractivity contribution is 7.99. The molecule has 0 aliphatic carbocycles. The Labute approximate surface area is 121 Å². The highest BCUT2D eigenvalue weighted by Crippen LogP contribution is 2.21. The first-order chi connectivity index (χ1) is 9.61. The molecular formula is C14H17N3O2S. The molecule has 1 aromatic heterocycles. The molecule has 6 heteroatoms. The van der Waals surface area contributed by atoms with Crippen molar-refractivity contribution < 1.29 is 9.90 Å². The third-order valence-electron chi connectivity index (χ3n) is 2.84. The number of fused-ring (bicyclic) bond motifs is 1. The van der Waals surface area contributed by atoms with Gasteiger partial charge in [-0.2, -0.15) is 11.8 Å². The minimum Gasteiger partial charge on any atom is -0.478 e. The van der Waals surface area contributed by atoms with Gasteiger partial charge in [0.05, 0.1) is 11.1 Å². The van der Waals surface area contributed by atoms with Crippen LogP contribution in [-0.2, 0) is 0 Å². The molecule has 0 amide bonds. The van der Waals surface area contributed by atoms with Crippen LogP contribution >= 0.6 is 11.8 Å². The van der Waals surface area contributed by atoms with Crippen molar-refractivity contribution in [2.24, 2.45) is 0 Å². The van der Waals surface area contributed by atoms with Crippen molar-refractivity contribution in [2.75, 3.05) is 16.8 Å².